The fourth-order valence-corrected chi connectivity index (χ4v) is 10.6. The van der Waals surface area contributed by atoms with Gasteiger partial charge < -0.3 is 0 Å². The lowest BCUT2D eigenvalue weighted by Crippen LogP contribution is -2.06. The number of nitrogens with zero attached hydrogens (tertiary/aromatic N) is 4. The third-order valence-electron chi connectivity index (χ3n) is 10.9. The van der Waals surface area contributed by atoms with E-state index in [-0.39, 0.29) is 0 Å². The first-order valence-corrected chi connectivity index (χ1v) is 20.6. The van der Waals surface area contributed by atoms with Crippen LogP contribution in [0.25, 0.3) is 102 Å². The van der Waals surface area contributed by atoms with Crippen LogP contribution in [0.3, 0.4) is 0 Å². The first kappa shape index (κ1) is 32.2. The zero-order valence-corrected chi connectivity index (χ0v) is 31.8. The molecule has 0 aliphatic carbocycles. The first-order valence-electron chi connectivity index (χ1n) is 18.9. The van der Waals surface area contributed by atoms with E-state index in [2.05, 4.69) is 145 Å². The number of benzene rings is 7. The van der Waals surface area contributed by atoms with E-state index < -0.39 is 0 Å². The van der Waals surface area contributed by atoms with Crippen LogP contribution in [0, 0.1) is 0 Å². The van der Waals surface area contributed by atoms with Crippen molar-refractivity contribution in [3.63, 3.8) is 0 Å². The van der Waals surface area contributed by atoms with Crippen LogP contribution in [0.1, 0.15) is 25.3 Å². The highest BCUT2D eigenvalue weighted by Gasteiger charge is 2.21. The first-order chi connectivity index (χ1) is 27.2. The molecule has 4 aromatic heterocycles. The Morgan fingerprint density at radius 2 is 1.15 bits per heavy atom. The van der Waals surface area contributed by atoms with Gasteiger partial charge in [-0.25, -0.2) is 4.98 Å². The molecule has 0 radical (unpaired) electrons. The summed E-state index contributed by atoms with van der Waals surface area (Å²) in [6, 6.07) is 54.6. The van der Waals surface area contributed by atoms with E-state index >= 15 is 0 Å². The highest BCUT2D eigenvalue weighted by Crippen LogP contribution is 2.43. The Balaban J connectivity index is 1.15. The number of unbranched alkanes of at least 4 members (excludes halogenated alkanes) is 1. The van der Waals surface area contributed by atoms with Crippen LogP contribution >= 0.6 is 22.7 Å². The molecule has 0 amide bonds. The largest absolute Gasteiger partial charge is 0.278 e. The van der Waals surface area contributed by atoms with Gasteiger partial charge in [-0.05, 0) is 65.9 Å². The van der Waals surface area contributed by atoms with Gasteiger partial charge in [0.25, 0.3) is 0 Å². The molecule has 7 aromatic carbocycles. The van der Waals surface area contributed by atoms with E-state index in [1.54, 1.807) is 11.3 Å². The summed E-state index contributed by atoms with van der Waals surface area (Å²) in [6.45, 7) is 2.26. The standard InChI is InChI=1S/C49H34N4S2/c1-2-3-13-30-24-27-44-40(28-30)38-20-11-18-33(45(38)55-44)32-25-26-35-34-16-7-9-22-41(34)53(42(35)29-32)49-51-47(31-14-5-4-6-15-31)50-48(52-49)39-21-12-19-37-36-17-8-10-23-43(36)54-46(37)39/h4-12,14-29H,2-3,13H2,1H3. The summed E-state index contributed by atoms with van der Waals surface area (Å²) in [5.41, 5.74) is 7.92. The van der Waals surface area contributed by atoms with Crippen LogP contribution in [-0.2, 0) is 6.42 Å². The molecule has 0 spiro atoms. The van der Waals surface area contributed by atoms with E-state index in [4.69, 9.17) is 15.0 Å². The van der Waals surface area contributed by atoms with Gasteiger partial charge in [-0.15, -0.1) is 22.7 Å². The number of hydrogen-bond acceptors (Lipinski definition) is 5. The van der Waals surface area contributed by atoms with Crippen molar-refractivity contribution in [1.82, 2.24) is 19.5 Å². The van der Waals surface area contributed by atoms with Crippen molar-refractivity contribution in [1.29, 1.82) is 0 Å². The Bertz CT molecular complexity index is 3260. The second kappa shape index (κ2) is 13.0. The quantitative estimate of drug-likeness (QED) is 0.163. The topological polar surface area (TPSA) is 43.6 Å². The average Bonchev–Trinajstić information content (AvgIpc) is 3.92. The predicted molar refractivity (Wildman–Crippen MR) is 235 cm³/mol. The highest BCUT2D eigenvalue weighted by atomic mass is 32.1. The van der Waals surface area contributed by atoms with Gasteiger partial charge in [0, 0.05) is 62.2 Å². The third kappa shape index (κ3) is 5.28. The molecule has 0 bridgehead atoms. The summed E-state index contributed by atoms with van der Waals surface area (Å²) in [5, 5.41) is 7.47. The Kier molecular flexibility index (Phi) is 7.61. The monoisotopic (exact) mass is 742 g/mol. The molecule has 11 aromatic rings. The fourth-order valence-electron chi connectivity index (χ4n) is 8.19. The lowest BCUT2D eigenvalue weighted by molar-refractivity contribution is 0.796. The molecule has 11 rings (SSSR count). The average molecular weight is 743 g/mol. The number of thiophene rings is 2. The molecule has 6 heteroatoms. The molecular formula is C49H34N4S2. The Morgan fingerprint density at radius 3 is 2.00 bits per heavy atom. The lowest BCUT2D eigenvalue weighted by Gasteiger charge is -2.12. The van der Waals surface area contributed by atoms with E-state index in [9.17, 15) is 0 Å². The van der Waals surface area contributed by atoms with Gasteiger partial charge in [0.1, 0.15) is 0 Å². The molecule has 262 valence electrons. The molecule has 0 atom stereocenters. The van der Waals surface area contributed by atoms with E-state index in [1.165, 1.54) is 80.6 Å². The maximum Gasteiger partial charge on any atom is 0.238 e. The SMILES string of the molecule is CCCCc1ccc2sc3c(-c4ccc5c6ccccc6n(-c6nc(-c7ccccc7)nc(-c7cccc8c7sc7ccccc78)n6)c5c4)cccc3c2c1. The van der Waals surface area contributed by atoms with E-state index in [0.29, 0.717) is 17.6 Å². The Hall–Kier alpha value is -6.21. The van der Waals surface area contributed by atoms with Gasteiger partial charge in [-0.3, -0.25) is 4.57 Å². The molecule has 0 saturated heterocycles. The Labute approximate surface area is 326 Å². The van der Waals surface area contributed by atoms with Crippen molar-refractivity contribution >= 4 is 84.8 Å². The number of para-hydroxylation sites is 1. The van der Waals surface area contributed by atoms with Crippen LogP contribution in [0.2, 0.25) is 0 Å². The second-order valence-corrected chi connectivity index (χ2v) is 16.3. The highest BCUT2D eigenvalue weighted by molar-refractivity contribution is 7.26. The maximum atomic E-state index is 5.35. The van der Waals surface area contributed by atoms with Crippen molar-refractivity contribution in [2.24, 2.45) is 0 Å². The fraction of sp³-hybridized carbons (Fsp3) is 0.0816. The van der Waals surface area contributed by atoms with Crippen LogP contribution in [0.5, 0.6) is 0 Å². The molecule has 4 heterocycles. The minimum absolute atomic E-state index is 0.602. The van der Waals surface area contributed by atoms with E-state index in [1.807, 2.05) is 29.5 Å². The van der Waals surface area contributed by atoms with Crippen LogP contribution in [-0.4, -0.2) is 19.5 Å². The molecule has 0 N–H and O–H groups in total. The van der Waals surface area contributed by atoms with Gasteiger partial charge >= 0.3 is 0 Å². The van der Waals surface area contributed by atoms with Crippen molar-refractivity contribution in [3.05, 3.63) is 157 Å². The van der Waals surface area contributed by atoms with E-state index in [0.717, 1.165) is 28.6 Å². The molecule has 0 aliphatic rings. The van der Waals surface area contributed by atoms with Gasteiger partial charge in [0.2, 0.25) is 5.95 Å². The summed E-state index contributed by atoms with van der Waals surface area (Å²) >= 11 is 3.68. The third-order valence-corrected chi connectivity index (χ3v) is 13.3. The van der Waals surface area contributed by atoms with Gasteiger partial charge in [-0.2, -0.15) is 9.97 Å². The Morgan fingerprint density at radius 1 is 0.473 bits per heavy atom. The summed E-state index contributed by atoms with van der Waals surface area (Å²) in [6.07, 6.45) is 3.53. The zero-order chi connectivity index (χ0) is 36.5. The van der Waals surface area contributed by atoms with Crippen molar-refractivity contribution in [2.75, 3.05) is 0 Å². The molecule has 0 unspecified atom stereocenters. The number of fused-ring (bicyclic) bond motifs is 9. The smallest absolute Gasteiger partial charge is 0.238 e. The molecule has 4 nitrogen and oxygen atoms in total. The zero-order valence-electron chi connectivity index (χ0n) is 30.2. The van der Waals surface area contributed by atoms with Crippen molar-refractivity contribution in [3.8, 4) is 39.9 Å². The number of rotatable bonds is 7. The van der Waals surface area contributed by atoms with Crippen LogP contribution in [0.4, 0.5) is 0 Å². The molecule has 0 aliphatic heterocycles. The number of aromatic nitrogens is 4. The maximum absolute atomic E-state index is 5.35. The lowest BCUT2D eigenvalue weighted by atomic mass is 10.00. The van der Waals surface area contributed by atoms with Gasteiger partial charge in [-0.1, -0.05) is 129 Å². The summed E-state index contributed by atoms with van der Waals surface area (Å²) < 4.78 is 7.32. The molecule has 0 fully saturated rings. The van der Waals surface area contributed by atoms with Gasteiger partial charge in [0.15, 0.2) is 11.6 Å². The molecule has 55 heavy (non-hydrogen) atoms. The molecular weight excluding hydrogens is 709 g/mol. The van der Waals surface area contributed by atoms with Crippen LogP contribution < -0.4 is 0 Å². The van der Waals surface area contributed by atoms with Crippen molar-refractivity contribution in [2.45, 2.75) is 26.2 Å². The number of aryl methyl sites for hydroxylation is 1. The van der Waals surface area contributed by atoms with Crippen LogP contribution in [0.15, 0.2) is 152 Å². The summed E-state index contributed by atoms with van der Waals surface area (Å²) in [7, 11) is 0. The second-order valence-electron chi connectivity index (χ2n) is 14.2. The predicted octanol–water partition coefficient (Wildman–Crippen LogP) is 14.0. The minimum atomic E-state index is 0.602. The minimum Gasteiger partial charge on any atom is -0.278 e. The summed E-state index contributed by atoms with van der Waals surface area (Å²) in [4.78, 5) is 15.8. The normalized spacial score (nSPS) is 11.9. The van der Waals surface area contributed by atoms with Crippen molar-refractivity contribution < 1.29 is 0 Å². The number of hydrogen-bond donors (Lipinski definition) is 0. The van der Waals surface area contributed by atoms with Gasteiger partial charge in [0.05, 0.1) is 11.0 Å². The molecule has 0 saturated carbocycles. The summed E-state index contributed by atoms with van der Waals surface area (Å²) in [5.74, 6) is 1.91.